The van der Waals surface area contributed by atoms with Gasteiger partial charge in [0.15, 0.2) is 0 Å². The Kier molecular flexibility index (Phi) is 7.73. The number of hydrogen-bond acceptors (Lipinski definition) is 5. The van der Waals surface area contributed by atoms with Crippen molar-refractivity contribution >= 4 is 23.4 Å². The third-order valence-electron chi connectivity index (χ3n) is 3.89. The van der Waals surface area contributed by atoms with Crippen molar-refractivity contribution in [2.75, 3.05) is 11.9 Å². The van der Waals surface area contributed by atoms with Crippen LogP contribution in [0.4, 0.5) is 11.4 Å². The number of carbonyl (C=O) groups is 1. The molecule has 0 aliphatic rings. The van der Waals surface area contributed by atoms with Crippen molar-refractivity contribution in [3.63, 3.8) is 0 Å². The van der Waals surface area contributed by atoms with Gasteiger partial charge in [-0.25, -0.2) is 0 Å². The summed E-state index contributed by atoms with van der Waals surface area (Å²) < 4.78 is 5.63. The maximum absolute atomic E-state index is 12.3. The normalized spacial score (nSPS) is 10.8. The summed E-state index contributed by atoms with van der Waals surface area (Å²) in [5, 5.41) is 22.6. The first-order valence-electron chi connectivity index (χ1n) is 8.94. The van der Waals surface area contributed by atoms with Crippen LogP contribution in [0.2, 0.25) is 0 Å². The SMILES string of the molecule is CCCCCOc1ccc(C=C(C#N)C(=O)Nc2cccc([N+](=O)[O-])c2)cc1. The van der Waals surface area contributed by atoms with Crippen LogP contribution in [0.3, 0.4) is 0 Å². The number of amides is 1. The fraction of sp³-hybridized carbons (Fsp3) is 0.238. The van der Waals surface area contributed by atoms with Crippen LogP contribution in [0.15, 0.2) is 54.1 Å². The van der Waals surface area contributed by atoms with Gasteiger partial charge in [0.1, 0.15) is 17.4 Å². The maximum atomic E-state index is 12.3. The topological polar surface area (TPSA) is 105 Å². The molecule has 2 aromatic rings. The van der Waals surface area contributed by atoms with E-state index in [0.29, 0.717) is 12.2 Å². The fourth-order valence-electron chi connectivity index (χ4n) is 2.41. The second kappa shape index (κ2) is 10.5. The number of non-ortho nitro benzene ring substituents is 1. The lowest BCUT2D eigenvalue weighted by Gasteiger charge is -2.06. The number of nitro groups is 1. The highest BCUT2D eigenvalue weighted by Crippen LogP contribution is 2.19. The summed E-state index contributed by atoms with van der Waals surface area (Å²) >= 11 is 0. The van der Waals surface area contributed by atoms with Gasteiger partial charge in [-0.1, -0.05) is 38.0 Å². The van der Waals surface area contributed by atoms with Crippen molar-refractivity contribution in [1.29, 1.82) is 5.26 Å². The summed E-state index contributed by atoms with van der Waals surface area (Å²) in [6.07, 6.45) is 4.69. The predicted molar refractivity (Wildman–Crippen MR) is 107 cm³/mol. The van der Waals surface area contributed by atoms with Gasteiger partial charge in [0.2, 0.25) is 0 Å². The molecule has 2 rings (SSSR count). The summed E-state index contributed by atoms with van der Waals surface area (Å²) in [7, 11) is 0. The van der Waals surface area contributed by atoms with Crippen LogP contribution < -0.4 is 10.1 Å². The highest BCUT2D eigenvalue weighted by atomic mass is 16.6. The number of benzene rings is 2. The molecule has 1 amide bonds. The molecule has 0 radical (unpaired) electrons. The average Bonchev–Trinajstić information content (AvgIpc) is 2.70. The Bertz CT molecular complexity index is 899. The molecule has 2 aromatic carbocycles. The summed E-state index contributed by atoms with van der Waals surface area (Å²) in [6, 6.07) is 14.5. The van der Waals surface area contributed by atoms with Crippen molar-refractivity contribution < 1.29 is 14.5 Å². The first-order chi connectivity index (χ1) is 13.5. The smallest absolute Gasteiger partial charge is 0.271 e. The Labute approximate surface area is 163 Å². The number of nitro benzene ring substituents is 1. The number of nitrogens with one attached hydrogen (secondary N) is 1. The molecule has 0 unspecified atom stereocenters. The molecule has 1 N–H and O–H groups in total. The second-order valence-electron chi connectivity index (χ2n) is 6.06. The highest BCUT2D eigenvalue weighted by molar-refractivity contribution is 6.09. The largest absolute Gasteiger partial charge is 0.494 e. The molecular weight excluding hydrogens is 358 g/mol. The summed E-state index contributed by atoms with van der Waals surface area (Å²) in [4.78, 5) is 22.6. The van der Waals surface area contributed by atoms with E-state index in [1.165, 1.54) is 30.3 Å². The van der Waals surface area contributed by atoms with Crippen molar-refractivity contribution in [2.24, 2.45) is 0 Å². The van der Waals surface area contributed by atoms with E-state index in [-0.39, 0.29) is 16.9 Å². The number of rotatable bonds is 9. The van der Waals surface area contributed by atoms with Gasteiger partial charge >= 0.3 is 0 Å². The van der Waals surface area contributed by atoms with Gasteiger partial charge in [-0.15, -0.1) is 0 Å². The van der Waals surface area contributed by atoms with E-state index in [1.54, 1.807) is 24.3 Å². The Morgan fingerprint density at radius 3 is 2.64 bits per heavy atom. The molecule has 0 spiro atoms. The summed E-state index contributed by atoms with van der Waals surface area (Å²) in [5.41, 5.74) is 0.667. The molecule has 7 heteroatoms. The van der Waals surface area contributed by atoms with Crippen LogP contribution in [-0.4, -0.2) is 17.4 Å². The first kappa shape index (κ1) is 20.6. The number of nitrogens with zero attached hydrogens (tertiary/aromatic N) is 2. The van der Waals surface area contributed by atoms with E-state index in [9.17, 15) is 20.2 Å². The summed E-state index contributed by atoms with van der Waals surface area (Å²) in [6.45, 7) is 2.78. The zero-order valence-electron chi connectivity index (χ0n) is 15.6. The fourth-order valence-corrected chi connectivity index (χ4v) is 2.41. The van der Waals surface area contributed by atoms with Crippen LogP contribution >= 0.6 is 0 Å². The van der Waals surface area contributed by atoms with Crippen molar-refractivity contribution in [3.05, 3.63) is 69.8 Å². The molecule has 7 nitrogen and oxygen atoms in total. The van der Waals surface area contributed by atoms with Gasteiger partial charge in [0.05, 0.1) is 11.5 Å². The Morgan fingerprint density at radius 2 is 2.00 bits per heavy atom. The molecule has 0 heterocycles. The lowest BCUT2D eigenvalue weighted by molar-refractivity contribution is -0.384. The first-order valence-corrected chi connectivity index (χ1v) is 8.94. The van der Waals surface area contributed by atoms with E-state index in [1.807, 2.05) is 6.07 Å². The third kappa shape index (κ3) is 6.25. The van der Waals surface area contributed by atoms with Crippen molar-refractivity contribution in [1.82, 2.24) is 0 Å². The molecule has 0 saturated carbocycles. The molecule has 144 valence electrons. The van der Waals surface area contributed by atoms with Crippen LogP contribution in [0, 0.1) is 21.4 Å². The second-order valence-corrected chi connectivity index (χ2v) is 6.06. The third-order valence-corrected chi connectivity index (χ3v) is 3.89. The minimum atomic E-state index is -0.636. The number of nitriles is 1. The Morgan fingerprint density at radius 1 is 1.25 bits per heavy atom. The molecule has 0 aromatic heterocycles. The Balaban J connectivity index is 2.04. The molecular formula is C21H21N3O4. The van der Waals surface area contributed by atoms with Gasteiger partial charge in [-0.2, -0.15) is 5.26 Å². The number of unbranched alkanes of at least 4 members (excludes halogenated alkanes) is 2. The maximum Gasteiger partial charge on any atom is 0.271 e. The lowest BCUT2D eigenvalue weighted by Crippen LogP contribution is -2.13. The number of anilines is 1. The molecule has 0 aliphatic heterocycles. The van der Waals surface area contributed by atoms with E-state index >= 15 is 0 Å². The minimum Gasteiger partial charge on any atom is -0.494 e. The number of carbonyl (C=O) groups excluding carboxylic acids is 1. The van der Waals surface area contributed by atoms with Gasteiger partial charge in [0.25, 0.3) is 11.6 Å². The standard InChI is InChI=1S/C21H21N3O4/c1-2-3-4-12-28-20-10-8-16(9-11-20)13-17(15-22)21(25)23-18-6-5-7-19(14-18)24(26)27/h5-11,13-14H,2-4,12H2,1H3,(H,23,25). The van der Waals surface area contributed by atoms with Crippen molar-refractivity contribution in [2.45, 2.75) is 26.2 Å². The molecule has 0 atom stereocenters. The average molecular weight is 379 g/mol. The Hall–Kier alpha value is -3.66. The number of hydrogen-bond donors (Lipinski definition) is 1. The zero-order valence-corrected chi connectivity index (χ0v) is 15.6. The zero-order chi connectivity index (χ0) is 20.4. The quantitative estimate of drug-likeness (QED) is 0.223. The lowest BCUT2D eigenvalue weighted by atomic mass is 10.1. The van der Waals surface area contributed by atoms with Gasteiger partial charge in [0, 0.05) is 17.8 Å². The van der Waals surface area contributed by atoms with E-state index in [0.717, 1.165) is 25.0 Å². The number of ether oxygens (including phenoxy) is 1. The molecule has 0 saturated heterocycles. The van der Waals surface area contributed by atoms with Crippen molar-refractivity contribution in [3.8, 4) is 11.8 Å². The molecule has 0 bridgehead atoms. The molecule has 28 heavy (non-hydrogen) atoms. The van der Waals surface area contributed by atoms with E-state index < -0.39 is 10.8 Å². The van der Waals surface area contributed by atoms with Gasteiger partial charge in [-0.05, 0) is 36.3 Å². The van der Waals surface area contributed by atoms with Crippen LogP contribution in [0.25, 0.3) is 6.08 Å². The monoisotopic (exact) mass is 379 g/mol. The van der Waals surface area contributed by atoms with E-state index in [2.05, 4.69) is 12.2 Å². The summed E-state index contributed by atoms with van der Waals surface area (Å²) in [5.74, 6) is 0.0932. The van der Waals surface area contributed by atoms with Gasteiger partial charge in [-0.3, -0.25) is 14.9 Å². The van der Waals surface area contributed by atoms with Crippen LogP contribution in [0.1, 0.15) is 31.7 Å². The molecule has 0 fully saturated rings. The van der Waals surface area contributed by atoms with Crippen LogP contribution in [-0.2, 0) is 4.79 Å². The molecule has 0 aliphatic carbocycles. The van der Waals surface area contributed by atoms with E-state index in [4.69, 9.17) is 4.74 Å². The minimum absolute atomic E-state index is 0.108. The highest BCUT2D eigenvalue weighted by Gasteiger charge is 2.12. The predicted octanol–water partition coefficient (Wildman–Crippen LogP) is 4.71. The van der Waals surface area contributed by atoms with Crippen LogP contribution in [0.5, 0.6) is 5.75 Å². The van der Waals surface area contributed by atoms with Gasteiger partial charge < -0.3 is 10.1 Å².